The van der Waals surface area contributed by atoms with E-state index in [1.54, 1.807) is 0 Å². The zero-order valence-electron chi connectivity index (χ0n) is 29.5. The van der Waals surface area contributed by atoms with Gasteiger partial charge in [0.15, 0.2) is 0 Å². The fourth-order valence-corrected chi connectivity index (χ4v) is 6.63. The Morgan fingerprint density at radius 1 is 0.538 bits per heavy atom. The van der Waals surface area contributed by atoms with E-state index in [0.717, 1.165) is 50.0 Å². The number of benzene rings is 6. The number of nitrogens with zero attached hydrogens (tertiary/aromatic N) is 2. The first-order valence-electron chi connectivity index (χ1n) is 17.2. The van der Waals surface area contributed by atoms with Gasteiger partial charge in [0.1, 0.15) is 5.58 Å². The van der Waals surface area contributed by atoms with Crippen LogP contribution in [0.3, 0.4) is 0 Å². The molecular weight excluding hydrogens is 813 g/mol. The van der Waals surface area contributed by atoms with Crippen LogP contribution in [-0.2, 0) is 20.1 Å². The Balaban J connectivity index is 0.000000236. The molecule has 0 aliphatic carbocycles. The summed E-state index contributed by atoms with van der Waals surface area (Å²) in [5.74, 6) is 0. The summed E-state index contributed by atoms with van der Waals surface area (Å²) in [6.45, 7) is 8.41. The van der Waals surface area contributed by atoms with E-state index >= 15 is 0 Å². The number of hydrogen-bond acceptors (Lipinski definition) is 3. The van der Waals surface area contributed by atoms with Crippen molar-refractivity contribution in [1.29, 1.82) is 0 Å². The first-order chi connectivity index (χ1) is 24.9. The van der Waals surface area contributed by atoms with Crippen LogP contribution >= 0.6 is 0 Å². The summed E-state index contributed by atoms with van der Waals surface area (Å²) in [5, 5.41) is 4.67. The second-order valence-corrected chi connectivity index (χ2v) is 13.2. The second-order valence-electron chi connectivity index (χ2n) is 13.2. The van der Waals surface area contributed by atoms with Crippen LogP contribution in [0, 0.1) is 39.8 Å². The monoisotopic (exact) mass is 849 g/mol. The molecule has 3 nitrogen and oxygen atoms in total. The molecule has 9 aromatic rings. The number of fused-ring (bicyclic) bond motifs is 4. The normalized spacial score (nSPS) is 10.9. The minimum absolute atomic E-state index is 0. The van der Waals surface area contributed by atoms with Crippen molar-refractivity contribution in [2.24, 2.45) is 0 Å². The van der Waals surface area contributed by atoms with Crippen LogP contribution in [0.15, 0.2) is 150 Å². The molecule has 1 radical (unpaired) electrons. The molecule has 255 valence electrons. The van der Waals surface area contributed by atoms with Crippen molar-refractivity contribution in [2.75, 3.05) is 0 Å². The molecule has 3 heterocycles. The van der Waals surface area contributed by atoms with Crippen molar-refractivity contribution in [3.05, 3.63) is 180 Å². The number of rotatable bonds is 4. The van der Waals surface area contributed by atoms with Gasteiger partial charge in [0, 0.05) is 37.9 Å². The van der Waals surface area contributed by atoms with Gasteiger partial charge in [-0.15, -0.1) is 53.6 Å². The number of pyridine rings is 2. The molecule has 9 rings (SSSR count). The molecule has 0 saturated heterocycles. The van der Waals surface area contributed by atoms with Crippen molar-refractivity contribution < 1.29 is 24.5 Å². The van der Waals surface area contributed by atoms with Gasteiger partial charge in [0.2, 0.25) is 0 Å². The van der Waals surface area contributed by atoms with Gasteiger partial charge in [-0.05, 0) is 100 Å². The summed E-state index contributed by atoms with van der Waals surface area (Å²) in [4.78, 5) is 9.15. The van der Waals surface area contributed by atoms with Gasteiger partial charge in [-0.25, -0.2) is 0 Å². The Bertz CT molecular complexity index is 2620. The Kier molecular flexibility index (Phi) is 9.96. The van der Waals surface area contributed by atoms with Gasteiger partial charge in [0.05, 0.1) is 5.58 Å². The predicted molar refractivity (Wildman–Crippen MR) is 212 cm³/mol. The van der Waals surface area contributed by atoms with Crippen molar-refractivity contribution in [3.8, 4) is 44.8 Å². The first-order valence-corrected chi connectivity index (χ1v) is 17.2. The van der Waals surface area contributed by atoms with Gasteiger partial charge < -0.3 is 14.4 Å². The van der Waals surface area contributed by atoms with Crippen LogP contribution in [0.1, 0.15) is 22.3 Å². The Morgan fingerprint density at radius 3 is 2.10 bits per heavy atom. The third kappa shape index (κ3) is 6.96. The van der Waals surface area contributed by atoms with E-state index in [-0.39, 0.29) is 20.1 Å². The maximum Gasteiger partial charge on any atom is 0.120 e. The number of hydrogen-bond donors (Lipinski definition) is 0. The molecular formula is C48H36IrN2O-2. The predicted octanol–water partition coefficient (Wildman–Crippen LogP) is 12.7. The summed E-state index contributed by atoms with van der Waals surface area (Å²) < 4.78 is 6.27. The van der Waals surface area contributed by atoms with Crippen LogP contribution in [0.4, 0.5) is 0 Å². The van der Waals surface area contributed by atoms with Crippen molar-refractivity contribution in [1.82, 2.24) is 9.97 Å². The van der Waals surface area contributed by atoms with E-state index in [0.29, 0.717) is 0 Å². The fraction of sp³-hybridized carbons (Fsp3) is 0.0833. The Morgan fingerprint density at radius 2 is 1.31 bits per heavy atom. The molecule has 0 atom stereocenters. The van der Waals surface area contributed by atoms with Crippen LogP contribution in [0.2, 0.25) is 0 Å². The SMILES string of the molecule is Cc1c[c-]c(-c2ccc(C)cn2)cc1.Cc1cnc(-c2[c-]ccc3c2oc2ccccc23)cc1-c1cc2ccc(-c3ccccc3)cc2cc1C.[Ir]. The first kappa shape index (κ1) is 34.8. The van der Waals surface area contributed by atoms with Crippen LogP contribution in [-0.4, -0.2) is 9.97 Å². The molecule has 0 bridgehead atoms. The van der Waals surface area contributed by atoms with Crippen molar-refractivity contribution in [2.45, 2.75) is 27.7 Å². The summed E-state index contributed by atoms with van der Waals surface area (Å²) in [6.07, 6.45) is 3.84. The zero-order chi connectivity index (χ0) is 34.9. The molecule has 0 amide bonds. The Hall–Kier alpha value is -5.67. The summed E-state index contributed by atoms with van der Waals surface area (Å²) in [7, 11) is 0. The summed E-state index contributed by atoms with van der Waals surface area (Å²) >= 11 is 0. The minimum atomic E-state index is 0. The largest absolute Gasteiger partial charge is 0.501 e. The molecule has 0 unspecified atom stereocenters. The maximum absolute atomic E-state index is 6.27. The van der Waals surface area contributed by atoms with E-state index in [9.17, 15) is 0 Å². The van der Waals surface area contributed by atoms with E-state index in [1.165, 1.54) is 49.7 Å². The Labute approximate surface area is 318 Å². The van der Waals surface area contributed by atoms with Crippen LogP contribution in [0.5, 0.6) is 0 Å². The maximum atomic E-state index is 6.27. The van der Waals surface area contributed by atoms with Crippen molar-refractivity contribution >= 4 is 32.7 Å². The molecule has 0 spiro atoms. The molecule has 0 saturated carbocycles. The third-order valence-electron chi connectivity index (χ3n) is 9.43. The fourth-order valence-electron chi connectivity index (χ4n) is 6.63. The van der Waals surface area contributed by atoms with E-state index in [2.05, 4.69) is 129 Å². The van der Waals surface area contributed by atoms with Crippen LogP contribution < -0.4 is 0 Å². The number of furan rings is 1. The molecule has 0 N–H and O–H groups in total. The molecule has 4 heteroatoms. The molecule has 3 aromatic heterocycles. The number of aromatic nitrogens is 2. The molecule has 0 aliphatic rings. The molecule has 0 aliphatic heterocycles. The van der Waals surface area contributed by atoms with Crippen LogP contribution in [0.25, 0.3) is 77.5 Å². The van der Waals surface area contributed by atoms with Crippen molar-refractivity contribution in [3.63, 3.8) is 0 Å². The zero-order valence-corrected chi connectivity index (χ0v) is 31.9. The number of aryl methyl sites for hydroxylation is 4. The van der Waals surface area contributed by atoms with Gasteiger partial charge in [0.25, 0.3) is 0 Å². The standard InChI is InChI=1S/C35H24NO.C13H12N.Ir/c1-22-17-27-18-25(24-9-4-3-5-10-24)15-16-26(27)19-31(22)32-20-33(36-21-23(32)2)30-13-8-12-29-28-11-6-7-14-34(28)37-35(29)30;1-10-3-6-12(7-4-10)13-8-5-11(2)9-14-13;/h3-12,14-21H,1-2H3;3-6,8-9H,1-2H3;/q2*-1;. The average Bonchev–Trinajstić information content (AvgIpc) is 3.55. The van der Waals surface area contributed by atoms with Gasteiger partial charge in [-0.2, -0.15) is 0 Å². The topological polar surface area (TPSA) is 38.9 Å². The van der Waals surface area contributed by atoms with Gasteiger partial charge in [-0.1, -0.05) is 103 Å². The third-order valence-corrected chi connectivity index (χ3v) is 9.43. The summed E-state index contributed by atoms with van der Waals surface area (Å²) in [5.41, 5.74) is 15.1. The molecule has 52 heavy (non-hydrogen) atoms. The minimum Gasteiger partial charge on any atom is -0.501 e. The quantitative estimate of drug-likeness (QED) is 0.166. The molecule has 6 aromatic carbocycles. The van der Waals surface area contributed by atoms with Gasteiger partial charge >= 0.3 is 0 Å². The van der Waals surface area contributed by atoms with E-state index in [4.69, 9.17) is 9.40 Å². The van der Waals surface area contributed by atoms with Gasteiger partial charge in [-0.3, -0.25) is 0 Å². The molecule has 0 fully saturated rings. The van der Waals surface area contributed by atoms with E-state index in [1.807, 2.05) is 61.8 Å². The average molecular weight is 849 g/mol. The summed E-state index contributed by atoms with van der Waals surface area (Å²) in [6, 6.07) is 53.0. The smallest absolute Gasteiger partial charge is 0.120 e. The van der Waals surface area contributed by atoms with E-state index < -0.39 is 0 Å². The second kappa shape index (κ2) is 14.9. The number of para-hydroxylation sites is 1.